The number of piperidine rings is 2. The van der Waals surface area contributed by atoms with Crippen LogP contribution in [0.1, 0.15) is 45.4 Å². The lowest BCUT2D eigenvalue weighted by Gasteiger charge is -2.47. The van der Waals surface area contributed by atoms with Gasteiger partial charge in [-0.3, -0.25) is 4.79 Å². The Morgan fingerprint density at radius 1 is 1.24 bits per heavy atom. The highest BCUT2D eigenvalue weighted by molar-refractivity contribution is 5.85. The van der Waals surface area contributed by atoms with E-state index in [1.807, 2.05) is 0 Å². The molecule has 3 aliphatic heterocycles. The fourth-order valence-corrected chi connectivity index (χ4v) is 4.10. The smallest absolute Gasteiger partial charge is 0.227 e. The van der Waals surface area contributed by atoms with Gasteiger partial charge in [-0.15, -0.1) is 24.8 Å². The second-order valence-electron chi connectivity index (χ2n) is 7.03. The third kappa shape index (κ3) is 3.84. The van der Waals surface area contributed by atoms with E-state index in [-0.39, 0.29) is 36.1 Å². The summed E-state index contributed by atoms with van der Waals surface area (Å²) in [6.45, 7) is 3.90. The fraction of sp³-hybridized carbons (Fsp3) is 0.933. The summed E-state index contributed by atoms with van der Waals surface area (Å²) >= 11 is 0. The second-order valence-corrected chi connectivity index (χ2v) is 7.03. The van der Waals surface area contributed by atoms with Gasteiger partial charge in [-0.2, -0.15) is 0 Å². The lowest BCUT2D eigenvalue weighted by atomic mass is 9.81. The third-order valence-corrected chi connectivity index (χ3v) is 5.59. The topological polar surface area (TPSA) is 44.4 Å². The summed E-state index contributed by atoms with van der Waals surface area (Å²) in [6, 6.07) is 1.77. The Balaban J connectivity index is 0.00000110. The summed E-state index contributed by atoms with van der Waals surface area (Å²) in [5.74, 6) is 0.269. The molecule has 3 unspecified atom stereocenters. The van der Waals surface area contributed by atoms with E-state index in [0.717, 1.165) is 32.4 Å². The molecule has 3 saturated heterocycles. The molecule has 0 aliphatic carbocycles. The lowest BCUT2D eigenvalue weighted by molar-refractivity contribution is -0.130. The van der Waals surface area contributed by atoms with Gasteiger partial charge in [0.25, 0.3) is 0 Å². The molecule has 0 aromatic rings. The van der Waals surface area contributed by atoms with Crippen molar-refractivity contribution in [2.45, 2.75) is 63.6 Å². The maximum Gasteiger partial charge on any atom is 0.227 e. The number of nitrogens with zero attached hydrogens (tertiary/aromatic N) is 1. The van der Waals surface area contributed by atoms with Crippen LogP contribution in [0.15, 0.2) is 0 Å². The molecule has 0 spiro atoms. The van der Waals surface area contributed by atoms with Crippen LogP contribution >= 0.6 is 24.8 Å². The van der Waals surface area contributed by atoms with Crippen LogP contribution in [-0.4, -0.2) is 49.1 Å². The molecule has 2 N–H and O–H groups in total. The molecule has 1 amide bonds. The first-order chi connectivity index (χ1) is 9.08. The molecule has 3 atom stereocenters. The average Bonchev–Trinajstić information content (AvgIpc) is 2.79. The number of carbonyl (C=O) groups is 1. The number of hydrogen-bond acceptors (Lipinski definition) is 3. The van der Waals surface area contributed by atoms with Crippen LogP contribution in [0.3, 0.4) is 0 Å². The van der Waals surface area contributed by atoms with Crippen LogP contribution in [0.25, 0.3) is 0 Å². The van der Waals surface area contributed by atoms with Gasteiger partial charge in [-0.25, -0.2) is 0 Å². The molecule has 6 heteroatoms. The molecule has 21 heavy (non-hydrogen) atoms. The van der Waals surface area contributed by atoms with Gasteiger partial charge < -0.3 is 15.5 Å². The Bertz CT molecular complexity index is 347. The monoisotopic (exact) mass is 337 g/mol. The van der Waals surface area contributed by atoms with E-state index in [0.29, 0.717) is 18.1 Å². The summed E-state index contributed by atoms with van der Waals surface area (Å²) in [7, 11) is 2.26. The number of rotatable bonds is 2. The fourth-order valence-electron chi connectivity index (χ4n) is 4.10. The number of carbonyl (C=O) groups excluding carboxylic acids is 1. The molecule has 0 radical (unpaired) electrons. The van der Waals surface area contributed by atoms with Crippen molar-refractivity contribution in [2.75, 3.05) is 20.1 Å². The van der Waals surface area contributed by atoms with Crippen molar-refractivity contribution in [2.24, 2.45) is 5.41 Å². The zero-order chi connectivity index (χ0) is 13.5. The van der Waals surface area contributed by atoms with Crippen LogP contribution in [-0.2, 0) is 4.79 Å². The van der Waals surface area contributed by atoms with Crippen molar-refractivity contribution in [1.29, 1.82) is 0 Å². The quantitative estimate of drug-likeness (QED) is 0.809. The molecule has 0 saturated carbocycles. The van der Waals surface area contributed by atoms with E-state index in [2.05, 4.69) is 29.5 Å². The molecule has 3 heterocycles. The largest absolute Gasteiger partial charge is 0.353 e. The zero-order valence-electron chi connectivity index (χ0n) is 13.1. The Morgan fingerprint density at radius 3 is 2.38 bits per heavy atom. The van der Waals surface area contributed by atoms with Crippen molar-refractivity contribution < 1.29 is 4.79 Å². The van der Waals surface area contributed by atoms with E-state index in [9.17, 15) is 4.79 Å². The van der Waals surface area contributed by atoms with E-state index in [1.54, 1.807) is 0 Å². The zero-order valence-corrected chi connectivity index (χ0v) is 14.7. The highest BCUT2D eigenvalue weighted by Gasteiger charge is 2.40. The number of amides is 1. The van der Waals surface area contributed by atoms with Crippen molar-refractivity contribution in [3.8, 4) is 0 Å². The van der Waals surface area contributed by atoms with Crippen LogP contribution < -0.4 is 10.6 Å². The molecule has 0 aromatic carbocycles. The maximum absolute atomic E-state index is 12.5. The van der Waals surface area contributed by atoms with Crippen molar-refractivity contribution in [3.05, 3.63) is 0 Å². The highest BCUT2D eigenvalue weighted by atomic mass is 35.5. The average molecular weight is 338 g/mol. The van der Waals surface area contributed by atoms with Crippen LogP contribution in [0.5, 0.6) is 0 Å². The summed E-state index contributed by atoms with van der Waals surface area (Å²) in [5.41, 5.74) is -0.182. The third-order valence-electron chi connectivity index (χ3n) is 5.59. The minimum absolute atomic E-state index is 0. The van der Waals surface area contributed by atoms with E-state index >= 15 is 0 Å². The van der Waals surface area contributed by atoms with Gasteiger partial charge in [0, 0.05) is 24.7 Å². The maximum atomic E-state index is 12.5. The Hall–Kier alpha value is -0.0300. The predicted octanol–water partition coefficient (Wildman–Crippen LogP) is 1.96. The van der Waals surface area contributed by atoms with Crippen molar-refractivity contribution in [3.63, 3.8) is 0 Å². The predicted molar refractivity (Wildman–Crippen MR) is 90.4 cm³/mol. The van der Waals surface area contributed by atoms with Gasteiger partial charge in [0.2, 0.25) is 5.91 Å². The summed E-state index contributed by atoms with van der Waals surface area (Å²) in [4.78, 5) is 15.0. The minimum atomic E-state index is -0.182. The molecule has 0 aromatic heterocycles. The normalized spacial score (nSPS) is 39.0. The van der Waals surface area contributed by atoms with E-state index in [4.69, 9.17) is 0 Å². The van der Waals surface area contributed by atoms with E-state index in [1.165, 1.54) is 19.3 Å². The second kappa shape index (κ2) is 7.49. The van der Waals surface area contributed by atoms with Crippen LogP contribution in [0.4, 0.5) is 0 Å². The molecular formula is C15H29Cl2N3O. The van der Waals surface area contributed by atoms with E-state index < -0.39 is 0 Å². The summed E-state index contributed by atoms with van der Waals surface area (Å²) < 4.78 is 0. The lowest BCUT2D eigenvalue weighted by Crippen LogP contribution is -2.56. The Labute approximate surface area is 140 Å². The van der Waals surface area contributed by atoms with Gasteiger partial charge >= 0.3 is 0 Å². The van der Waals surface area contributed by atoms with Crippen molar-refractivity contribution in [1.82, 2.24) is 15.5 Å². The van der Waals surface area contributed by atoms with Gasteiger partial charge in [-0.1, -0.05) is 6.42 Å². The highest BCUT2D eigenvalue weighted by Crippen LogP contribution is 2.33. The first-order valence-corrected chi connectivity index (χ1v) is 7.82. The summed E-state index contributed by atoms with van der Waals surface area (Å²) in [6.07, 6.45) is 7.22. The number of halogens is 2. The molecule has 3 aliphatic rings. The molecule has 3 rings (SSSR count). The number of nitrogens with one attached hydrogen (secondary N) is 2. The van der Waals surface area contributed by atoms with Gasteiger partial charge in [0.1, 0.15) is 0 Å². The first-order valence-electron chi connectivity index (χ1n) is 7.82. The van der Waals surface area contributed by atoms with Gasteiger partial charge in [0.15, 0.2) is 0 Å². The van der Waals surface area contributed by atoms with Crippen LogP contribution in [0.2, 0.25) is 0 Å². The Kier molecular flexibility index (Phi) is 6.79. The van der Waals surface area contributed by atoms with Gasteiger partial charge in [0.05, 0.1) is 5.41 Å². The van der Waals surface area contributed by atoms with Gasteiger partial charge in [-0.05, 0) is 52.6 Å². The standard InChI is InChI=1S/C15H27N3O.2ClH/c1-15(6-7-16-10-15)14(19)17-11-8-12-4-3-5-13(9-11)18(12)2;;/h11-13,16H,3-10H2,1-2H3,(H,17,19);2*1H. The number of hydrogen-bond donors (Lipinski definition) is 2. The summed E-state index contributed by atoms with van der Waals surface area (Å²) in [5, 5.41) is 6.65. The number of fused-ring (bicyclic) bond motifs is 2. The Morgan fingerprint density at radius 2 is 1.86 bits per heavy atom. The first kappa shape index (κ1) is 19.0. The minimum Gasteiger partial charge on any atom is -0.353 e. The molecule has 124 valence electrons. The molecular weight excluding hydrogens is 309 g/mol. The SMILES string of the molecule is CN1C2CCCC1CC(NC(=O)C1(C)CCNC1)C2.Cl.Cl. The van der Waals surface area contributed by atoms with Crippen molar-refractivity contribution >= 4 is 30.7 Å². The van der Waals surface area contributed by atoms with Crippen LogP contribution in [0, 0.1) is 5.41 Å². The molecule has 2 bridgehead atoms. The molecule has 4 nitrogen and oxygen atoms in total. The molecule has 3 fully saturated rings.